The summed E-state index contributed by atoms with van der Waals surface area (Å²) in [5.74, 6) is -1.10. The van der Waals surface area contributed by atoms with Crippen LogP contribution in [0.3, 0.4) is 0 Å². The zero-order valence-corrected chi connectivity index (χ0v) is 31.6. The van der Waals surface area contributed by atoms with Gasteiger partial charge in [0, 0.05) is 58.3 Å². The van der Waals surface area contributed by atoms with Crippen molar-refractivity contribution in [2.24, 2.45) is 0 Å². The number of anilines is 1. The normalized spacial score (nSPS) is 15.9. The van der Waals surface area contributed by atoms with E-state index in [-0.39, 0.29) is 30.2 Å². The Morgan fingerprint density at radius 3 is 1.35 bits per heavy atom. The second-order valence-corrected chi connectivity index (χ2v) is 15.5. The Morgan fingerprint density at radius 1 is 0.473 bits per heavy atom. The third kappa shape index (κ3) is 6.02. The van der Waals surface area contributed by atoms with Crippen molar-refractivity contribution in [3.8, 4) is 0 Å². The number of amides is 4. The molecule has 3 aliphatic rings. The molecule has 9 rings (SSSR count). The van der Waals surface area contributed by atoms with Crippen LogP contribution in [0.1, 0.15) is 118 Å². The average Bonchev–Trinajstić information content (AvgIpc) is 3.22. The number of hydrogen-bond donors (Lipinski definition) is 0. The quantitative estimate of drug-likeness (QED) is 0.0480. The molecule has 0 atom stereocenters. The van der Waals surface area contributed by atoms with Gasteiger partial charge in [-0.25, -0.2) is 0 Å². The van der Waals surface area contributed by atoms with Crippen molar-refractivity contribution in [1.29, 1.82) is 0 Å². The lowest BCUT2D eigenvalue weighted by Crippen LogP contribution is -2.41. The SMILES string of the molecule is CCCCCCCCCCCCN1C(=O)c2ccc3c4ccc5c6c(ccc(c7ccc(c2c37)C1=O)c64)C(=O)N(Cc1ccc(N2CCOCC2)cc1)C5=O. The number of morpholine rings is 1. The fourth-order valence-corrected chi connectivity index (χ4v) is 9.29. The number of unbranched alkanes of at least 4 members (excludes halogenated alkanes) is 9. The minimum absolute atomic E-state index is 0.178. The van der Waals surface area contributed by atoms with Gasteiger partial charge in [0.1, 0.15) is 0 Å². The Kier molecular flexibility index (Phi) is 9.46. The van der Waals surface area contributed by atoms with Gasteiger partial charge < -0.3 is 9.64 Å². The maximum Gasteiger partial charge on any atom is 0.261 e. The summed E-state index contributed by atoms with van der Waals surface area (Å²) in [5, 5.41) is 6.69. The Bertz CT molecular complexity index is 2360. The predicted molar refractivity (Wildman–Crippen MR) is 219 cm³/mol. The minimum atomic E-state index is -0.312. The molecule has 3 aliphatic heterocycles. The highest BCUT2D eigenvalue weighted by Crippen LogP contribution is 2.46. The first-order chi connectivity index (χ1) is 27.0. The first kappa shape index (κ1) is 35.4. The third-order valence-corrected chi connectivity index (χ3v) is 12.2. The van der Waals surface area contributed by atoms with Crippen molar-refractivity contribution in [3.05, 3.63) is 101 Å². The van der Waals surface area contributed by atoms with E-state index in [4.69, 9.17) is 4.74 Å². The molecule has 6 aromatic rings. The van der Waals surface area contributed by atoms with E-state index in [1.807, 2.05) is 72.8 Å². The van der Waals surface area contributed by atoms with Gasteiger partial charge in [0.2, 0.25) is 0 Å². The number of nitrogens with zero attached hydrogens (tertiary/aromatic N) is 3. The molecule has 0 unspecified atom stereocenters. The van der Waals surface area contributed by atoms with Crippen LogP contribution >= 0.6 is 0 Å². The summed E-state index contributed by atoms with van der Waals surface area (Å²) in [4.78, 5) is 61.2. The van der Waals surface area contributed by atoms with Gasteiger partial charge in [-0.05, 0) is 80.7 Å². The molecule has 3 heterocycles. The Labute approximate surface area is 321 Å². The molecule has 1 fully saturated rings. The number of carbonyl (C=O) groups is 4. The Hall–Kier alpha value is -5.34. The molecule has 55 heavy (non-hydrogen) atoms. The molecule has 1 saturated heterocycles. The van der Waals surface area contributed by atoms with E-state index in [0.29, 0.717) is 52.8 Å². The molecule has 8 nitrogen and oxygen atoms in total. The zero-order valence-electron chi connectivity index (χ0n) is 31.6. The van der Waals surface area contributed by atoms with Crippen LogP contribution in [0.5, 0.6) is 0 Å². The first-order valence-electron chi connectivity index (χ1n) is 20.3. The summed E-state index contributed by atoms with van der Waals surface area (Å²) in [6.45, 7) is 5.92. The number of fused-ring (bicyclic) bond motifs is 2. The maximum atomic E-state index is 14.1. The van der Waals surface area contributed by atoms with Crippen LogP contribution in [-0.2, 0) is 11.3 Å². The predicted octanol–water partition coefficient (Wildman–Crippen LogP) is 9.89. The standard InChI is InChI=1S/C47H47N3O5/c1-2-3-4-5-6-7-8-9-10-11-24-49-44(51)36-20-16-32-34-18-22-38-43-39(23-19-35(41(34)43)33-17-21-37(45(49)52)42(36)40(32)33)47(54)50(46(38)53)29-30-12-14-31(15-13-30)48-25-27-55-28-26-48/h12-23H,2-11,24-29H2,1H3. The summed E-state index contributed by atoms with van der Waals surface area (Å²) in [6.07, 6.45) is 11.9. The molecule has 0 aliphatic carbocycles. The summed E-state index contributed by atoms with van der Waals surface area (Å²) < 4.78 is 5.49. The molecule has 0 N–H and O–H groups in total. The molecular formula is C47H47N3O5. The van der Waals surface area contributed by atoms with Gasteiger partial charge in [0.15, 0.2) is 0 Å². The molecule has 4 amide bonds. The number of imide groups is 2. The highest BCUT2D eigenvalue weighted by atomic mass is 16.5. The highest BCUT2D eigenvalue weighted by molar-refractivity contribution is 6.41. The van der Waals surface area contributed by atoms with Gasteiger partial charge in [0.05, 0.1) is 19.8 Å². The van der Waals surface area contributed by atoms with Gasteiger partial charge in [0.25, 0.3) is 23.6 Å². The number of carbonyl (C=O) groups excluding carboxylic acids is 4. The van der Waals surface area contributed by atoms with E-state index < -0.39 is 0 Å². The molecule has 0 spiro atoms. The van der Waals surface area contributed by atoms with E-state index in [0.717, 1.165) is 75.9 Å². The first-order valence-corrected chi connectivity index (χ1v) is 20.3. The van der Waals surface area contributed by atoms with Gasteiger partial charge in [-0.3, -0.25) is 29.0 Å². The second-order valence-electron chi connectivity index (χ2n) is 15.5. The molecular weight excluding hydrogens is 687 g/mol. The van der Waals surface area contributed by atoms with Crippen LogP contribution in [0.4, 0.5) is 5.69 Å². The summed E-state index contributed by atoms with van der Waals surface area (Å²) in [5.41, 5.74) is 4.09. The van der Waals surface area contributed by atoms with Gasteiger partial charge in [-0.1, -0.05) is 101 Å². The van der Waals surface area contributed by atoms with E-state index in [1.165, 1.54) is 54.7 Å². The number of hydrogen-bond acceptors (Lipinski definition) is 6. The lowest BCUT2D eigenvalue weighted by Gasteiger charge is -2.30. The minimum Gasteiger partial charge on any atom is -0.378 e. The van der Waals surface area contributed by atoms with Crippen molar-refractivity contribution in [2.75, 3.05) is 37.7 Å². The van der Waals surface area contributed by atoms with Crippen LogP contribution in [0.2, 0.25) is 0 Å². The molecule has 8 heteroatoms. The lowest BCUT2D eigenvalue weighted by atomic mass is 9.82. The fourth-order valence-electron chi connectivity index (χ4n) is 9.29. The van der Waals surface area contributed by atoms with Crippen molar-refractivity contribution in [2.45, 2.75) is 77.7 Å². The van der Waals surface area contributed by atoms with Crippen molar-refractivity contribution < 1.29 is 23.9 Å². The molecule has 0 radical (unpaired) electrons. The van der Waals surface area contributed by atoms with Gasteiger partial charge in [-0.15, -0.1) is 0 Å². The third-order valence-electron chi connectivity index (χ3n) is 12.2. The topological polar surface area (TPSA) is 87.2 Å². The van der Waals surface area contributed by atoms with Gasteiger partial charge in [-0.2, -0.15) is 0 Å². The second kappa shape index (κ2) is 14.7. The number of ether oxygens (including phenoxy) is 1. The summed E-state index contributed by atoms with van der Waals surface area (Å²) in [6, 6.07) is 23.3. The van der Waals surface area contributed by atoms with Gasteiger partial charge >= 0.3 is 0 Å². The summed E-state index contributed by atoms with van der Waals surface area (Å²) >= 11 is 0. The fraction of sp³-hybridized carbons (Fsp3) is 0.362. The van der Waals surface area contributed by atoms with E-state index >= 15 is 0 Å². The van der Waals surface area contributed by atoms with E-state index in [1.54, 1.807) is 0 Å². The Morgan fingerprint density at radius 2 is 0.891 bits per heavy atom. The monoisotopic (exact) mass is 733 g/mol. The van der Waals surface area contributed by atoms with Crippen LogP contribution in [-0.4, -0.2) is 66.3 Å². The molecule has 280 valence electrons. The van der Waals surface area contributed by atoms with Crippen molar-refractivity contribution in [3.63, 3.8) is 0 Å². The molecule has 0 saturated carbocycles. The Balaban J connectivity index is 0.992. The van der Waals surface area contributed by atoms with Crippen molar-refractivity contribution in [1.82, 2.24) is 9.80 Å². The molecule has 0 aromatic heterocycles. The summed E-state index contributed by atoms with van der Waals surface area (Å²) in [7, 11) is 0. The van der Waals surface area contributed by atoms with Crippen LogP contribution in [0, 0.1) is 0 Å². The zero-order chi connectivity index (χ0) is 37.6. The van der Waals surface area contributed by atoms with Crippen molar-refractivity contribution >= 4 is 72.4 Å². The number of benzene rings is 6. The van der Waals surface area contributed by atoms with Crippen LogP contribution < -0.4 is 4.90 Å². The van der Waals surface area contributed by atoms with E-state index in [2.05, 4.69) is 11.8 Å². The average molecular weight is 734 g/mol. The molecule has 0 bridgehead atoms. The molecule has 6 aromatic carbocycles. The van der Waals surface area contributed by atoms with Crippen LogP contribution in [0.25, 0.3) is 43.1 Å². The lowest BCUT2D eigenvalue weighted by molar-refractivity contribution is 0.0587. The highest BCUT2D eigenvalue weighted by Gasteiger charge is 2.37. The number of rotatable bonds is 14. The van der Waals surface area contributed by atoms with E-state index in [9.17, 15) is 19.2 Å². The maximum absolute atomic E-state index is 14.1. The van der Waals surface area contributed by atoms with Crippen LogP contribution in [0.15, 0.2) is 72.8 Å². The largest absolute Gasteiger partial charge is 0.378 e. The smallest absolute Gasteiger partial charge is 0.261 e.